The van der Waals surface area contributed by atoms with Gasteiger partial charge >= 0.3 is 6.18 Å². The number of benzene rings is 1. The largest absolute Gasteiger partial charge is 0.417 e. The first-order valence-electron chi connectivity index (χ1n) is 5.77. The van der Waals surface area contributed by atoms with Crippen LogP contribution < -0.4 is 11.5 Å². The Morgan fingerprint density at radius 2 is 1.82 bits per heavy atom. The van der Waals surface area contributed by atoms with Gasteiger partial charge in [0.1, 0.15) is 0 Å². The van der Waals surface area contributed by atoms with Crippen LogP contribution >= 0.6 is 0 Å². The SMILES string of the molecule is CC1=Cc2cc(C(F)(F)F)c(C(=O)N=C(N)N)cc2S1(=O)=O. The van der Waals surface area contributed by atoms with Crippen molar-refractivity contribution in [1.29, 1.82) is 0 Å². The third-order valence-electron chi connectivity index (χ3n) is 2.99. The zero-order valence-electron chi connectivity index (χ0n) is 11.1. The van der Waals surface area contributed by atoms with Crippen molar-refractivity contribution in [3.8, 4) is 0 Å². The summed E-state index contributed by atoms with van der Waals surface area (Å²) in [5.74, 6) is -2.09. The summed E-state index contributed by atoms with van der Waals surface area (Å²) < 4.78 is 63.2. The van der Waals surface area contributed by atoms with Crippen LogP contribution in [0.4, 0.5) is 13.2 Å². The van der Waals surface area contributed by atoms with Gasteiger partial charge in [0.15, 0.2) is 5.96 Å². The highest BCUT2D eigenvalue weighted by molar-refractivity contribution is 7.95. The second-order valence-electron chi connectivity index (χ2n) is 4.53. The second-order valence-corrected chi connectivity index (χ2v) is 6.62. The van der Waals surface area contributed by atoms with Crippen LogP contribution in [-0.4, -0.2) is 20.3 Å². The summed E-state index contributed by atoms with van der Waals surface area (Å²) in [6.45, 7) is 1.25. The van der Waals surface area contributed by atoms with Crippen molar-refractivity contribution in [3.05, 3.63) is 33.7 Å². The third-order valence-corrected chi connectivity index (χ3v) is 4.89. The lowest BCUT2D eigenvalue weighted by molar-refractivity contribution is -0.138. The highest BCUT2D eigenvalue weighted by Crippen LogP contribution is 2.40. The van der Waals surface area contributed by atoms with Crippen LogP contribution in [-0.2, 0) is 16.0 Å². The average Bonchev–Trinajstić information content (AvgIpc) is 2.57. The molecule has 0 atom stereocenters. The van der Waals surface area contributed by atoms with Crippen LogP contribution in [0.15, 0.2) is 26.9 Å². The van der Waals surface area contributed by atoms with E-state index in [4.69, 9.17) is 11.5 Å². The van der Waals surface area contributed by atoms with Crippen LogP contribution in [0.5, 0.6) is 0 Å². The van der Waals surface area contributed by atoms with Gasteiger partial charge < -0.3 is 11.5 Å². The predicted octanol–water partition coefficient (Wildman–Crippen LogP) is 1.27. The van der Waals surface area contributed by atoms with E-state index in [1.807, 2.05) is 0 Å². The fourth-order valence-corrected chi connectivity index (χ4v) is 3.33. The lowest BCUT2D eigenvalue weighted by atomic mass is 10.0. The van der Waals surface area contributed by atoms with Crippen LogP contribution in [0.2, 0.25) is 0 Å². The summed E-state index contributed by atoms with van der Waals surface area (Å²) in [5.41, 5.74) is 7.59. The smallest absolute Gasteiger partial charge is 0.370 e. The first-order chi connectivity index (χ1) is 9.94. The molecule has 118 valence electrons. The van der Waals surface area contributed by atoms with Crippen molar-refractivity contribution >= 4 is 27.8 Å². The Labute approximate surface area is 123 Å². The minimum atomic E-state index is -4.87. The van der Waals surface area contributed by atoms with E-state index in [-0.39, 0.29) is 15.4 Å². The lowest BCUT2D eigenvalue weighted by Crippen LogP contribution is -2.25. The normalized spacial score (nSPS) is 15.9. The number of aliphatic imine (C=N–C) groups is 1. The Bertz CT molecular complexity index is 835. The average molecular weight is 333 g/mol. The zero-order chi connectivity index (χ0) is 16.9. The van der Waals surface area contributed by atoms with Crippen molar-refractivity contribution in [2.75, 3.05) is 0 Å². The fourth-order valence-electron chi connectivity index (χ4n) is 2.00. The maximum Gasteiger partial charge on any atom is 0.417 e. The minimum Gasteiger partial charge on any atom is -0.370 e. The molecule has 1 aromatic carbocycles. The molecule has 0 bridgehead atoms. The number of rotatable bonds is 1. The van der Waals surface area contributed by atoms with Gasteiger partial charge in [-0.3, -0.25) is 4.79 Å². The maximum absolute atomic E-state index is 13.1. The number of allylic oxidation sites excluding steroid dienone is 1. The van der Waals surface area contributed by atoms with E-state index in [1.165, 1.54) is 6.92 Å². The van der Waals surface area contributed by atoms with Crippen LogP contribution in [0.25, 0.3) is 6.08 Å². The molecule has 1 aromatic rings. The molecule has 0 spiro atoms. The lowest BCUT2D eigenvalue weighted by Gasteiger charge is -2.12. The second kappa shape index (κ2) is 4.83. The van der Waals surface area contributed by atoms with E-state index in [9.17, 15) is 26.4 Å². The molecule has 0 unspecified atom stereocenters. The Morgan fingerprint density at radius 3 is 2.32 bits per heavy atom. The third kappa shape index (κ3) is 2.56. The summed E-state index contributed by atoms with van der Waals surface area (Å²) in [7, 11) is -3.90. The highest BCUT2D eigenvalue weighted by atomic mass is 32.2. The molecule has 6 nitrogen and oxygen atoms in total. The van der Waals surface area contributed by atoms with Crippen molar-refractivity contribution in [1.82, 2.24) is 0 Å². The molecule has 2 rings (SSSR count). The molecule has 1 heterocycles. The summed E-state index contributed by atoms with van der Waals surface area (Å²) in [4.78, 5) is 14.3. The van der Waals surface area contributed by atoms with E-state index in [2.05, 4.69) is 4.99 Å². The zero-order valence-corrected chi connectivity index (χ0v) is 11.9. The maximum atomic E-state index is 13.1. The number of nitrogens with zero attached hydrogens (tertiary/aromatic N) is 1. The Morgan fingerprint density at radius 1 is 1.23 bits per heavy atom. The molecule has 0 aromatic heterocycles. The molecule has 1 aliphatic heterocycles. The molecule has 10 heteroatoms. The van der Waals surface area contributed by atoms with E-state index in [0.29, 0.717) is 12.1 Å². The number of guanidine groups is 1. The van der Waals surface area contributed by atoms with E-state index in [1.54, 1.807) is 0 Å². The number of carbonyl (C=O) groups is 1. The van der Waals surface area contributed by atoms with Gasteiger partial charge in [-0.1, -0.05) is 0 Å². The Hall–Kier alpha value is -2.36. The summed E-state index contributed by atoms with van der Waals surface area (Å²) in [5, 5.41) is 0. The first-order valence-corrected chi connectivity index (χ1v) is 7.25. The Kier molecular flexibility index (Phi) is 3.52. The molecular weight excluding hydrogens is 323 g/mol. The van der Waals surface area contributed by atoms with Gasteiger partial charge in [-0.2, -0.15) is 18.2 Å². The predicted molar refractivity (Wildman–Crippen MR) is 72.4 cm³/mol. The van der Waals surface area contributed by atoms with Gasteiger partial charge in [0.05, 0.1) is 16.0 Å². The molecule has 4 N–H and O–H groups in total. The number of fused-ring (bicyclic) bond motifs is 1. The first kappa shape index (κ1) is 16.0. The quantitative estimate of drug-likeness (QED) is 0.593. The number of hydrogen-bond acceptors (Lipinski definition) is 3. The number of hydrogen-bond donors (Lipinski definition) is 2. The monoisotopic (exact) mass is 333 g/mol. The summed E-state index contributed by atoms with van der Waals surface area (Å²) >= 11 is 0. The molecule has 0 fully saturated rings. The number of halogens is 3. The molecule has 0 radical (unpaired) electrons. The van der Waals surface area contributed by atoms with Crippen LogP contribution in [0, 0.1) is 0 Å². The van der Waals surface area contributed by atoms with E-state index in [0.717, 1.165) is 6.08 Å². The summed E-state index contributed by atoms with van der Waals surface area (Å²) in [6.07, 6.45) is -3.76. The van der Waals surface area contributed by atoms with Gasteiger partial charge in [0.25, 0.3) is 5.91 Å². The number of carbonyl (C=O) groups excluding carboxylic acids is 1. The number of amides is 1. The number of alkyl halides is 3. The number of sulfone groups is 1. The molecule has 22 heavy (non-hydrogen) atoms. The van der Waals surface area contributed by atoms with Gasteiger partial charge in [-0.25, -0.2) is 8.42 Å². The van der Waals surface area contributed by atoms with Crippen molar-refractivity contribution in [2.45, 2.75) is 18.0 Å². The standard InChI is InChI=1S/C12H10F3N3O3S/c1-5-2-6-3-8(12(13,14)15)7(10(19)18-11(16)17)4-9(6)22(5,20)21/h2-4H,1H3,(H4,16,17,18,19). The van der Waals surface area contributed by atoms with Crippen LogP contribution in [0.3, 0.4) is 0 Å². The molecule has 1 aliphatic rings. The molecule has 0 aliphatic carbocycles. The van der Waals surface area contributed by atoms with Crippen molar-refractivity contribution in [3.63, 3.8) is 0 Å². The fraction of sp³-hybridized carbons (Fsp3) is 0.167. The van der Waals surface area contributed by atoms with Crippen LogP contribution in [0.1, 0.15) is 28.4 Å². The van der Waals surface area contributed by atoms with Crippen molar-refractivity contribution < 1.29 is 26.4 Å². The van der Waals surface area contributed by atoms with E-state index < -0.39 is 39.0 Å². The minimum absolute atomic E-state index is 0.109. The molecular formula is C12H10F3N3O3S. The van der Waals surface area contributed by atoms with E-state index >= 15 is 0 Å². The molecule has 0 saturated heterocycles. The molecule has 1 amide bonds. The Balaban J connectivity index is 2.79. The van der Waals surface area contributed by atoms with Gasteiger partial charge in [0, 0.05) is 4.91 Å². The summed E-state index contributed by atoms with van der Waals surface area (Å²) in [6, 6.07) is 1.24. The van der Waals surface area contributed by atoms with Gasteiger partial charge in [0.2, 0.25) is 9.84 Å². The van der Waals surface area contributed by atoms with Gasteiger partial charge in [-0.15, -0.1) is 0 Å². The van der Waals surface area contributed by atoms with Crippen molar-refractivity contribution in [2.24, 2.45) is 16.5 Å². The molecule has 0 saturated carbocycles. The highest BCUT2D eigenvalue weighted by Gasteiger charge is 2.39. The topological polar surface area (TPSA) is 116 Å². The number of nitrogens with two attached hydrogens (primary N) is 2. The van der Waals surface area contributed by atoms with Gasteiger partial charge in [-0.05, 0) is 30.7 Å².